The lowest BCUT2D eigenvalue weighted by atomic mass is 10.00. The summed E-state index contributed by atoms with van der Waals surface area (Å²) in [4.78, 5) is 14.0. The summed E-state index contributed by atoms with van der Waals surface area (Å²) in [5.74, 6) is -0.567. The van der Waals surface area contributed by atoms with E-state index < -0.39 is 0 Å². The Morgan fingerprint density at radius 2 is 0.700 bits per heavy atom. The molecule has 0 radical (unpaired) electrons. The topological polar surface area (TPSA) is 32.3 Å². The van der Waals surface area contributed by atoms with Gasteiger partial charge in [0.1, 0.15) is 21.6 Å². The van der Waals surface area contributed by atoms with Gasteiger partial charge in [0.25, 0.3) is 0 Å². The molecule has 60 heavy (non-hydrogen) atoms. The van der Waals surface area contributed by atoms with Crippen LogP contribution in [0, 0.1) is 11.6 Å². The summed E-state index contributed by atoms with van der Waals surface area (Å²) in [7, 11) is 0. The number of hydrogen-bond acceptors (Lipinski definition) is 6. The number of para-hydroxylation sites is 2. The first-order chi connectivity index (χ1) is 29.5. The maximum atomic E-state index is 14.2. The maximum Gasteiger partial charge on any atom is 0.124 e. The average Bonchev–Trinajstić information content (AvgIpc) is 3.94. The summed E-state index contributed by atoms with van der Waals surface area (Å²) < 4.78 is 30.7. The molecule has 0 unspecified atom stereocenters. The number of anilines is 6. The zero-order valence-corrected chi connectivity index (χ0v) is 33.5. The highest BCUT2D eigenvalue weighted by Gasteiger charge is 2.18. The largest absolute Gasteiger partial charge is 0.310 e. The van der Waals surface area contributed by atoms with Gasteiger partial charge in [-0.3, -0.25) is 0 Å². The first-order valence-corrected chi connectivity index (χ1v) is 21.1. The van der Waals surface area contributed by atoms with E-state index in [0.29, 0.717) is 0 Å². The summed E-state index contributed by atoms with van der Waals surface area (Å²) in [6.45, 7) is 0. The average molecular weight is 815 g/mol. The van der Waals surface area contributed by atoms with Crippen molar-refractivity contribution < 1.29 is 8.78 Å². The van der Waals surface area contributed by atoms with Crippen molar-refractivity contribution >= 4 is 98.8 Å². The van der Waals surface area contributed by atoms with Crippen LogP contribution < -0.4 is 9.80 Å². The van der Waals surface area contributed by atoms with E-state index in [1.54, 1.807) is 22.7 Å². The monoisotopic (exact) mass is 814 g/mol. The second-order valence-corrected chi connectivity index (χ2v) is 16.6. The molecule has 0 saturated carbocycles. The van der Waals surface area contributed by atoms with Crippen LogP contribution in [0.1, 0.15) is 0 Å². The lowest BCUT2D eigenvalue weighted by Gasteiger charge is -2.27. The smallest absolute Gasteiger partial charge is 0.124 e. The van der Waals surface area contributed by atoms with Crippen molar-refractivity contribution in [3.05, 3.63) is 206 Å². The van der Waals surface area contributed by atoms with Gasteiger partial charge in [-0.25, -0.2) is 18.7 Å². The number of hydrogen-bond donors (Lipinski definition) is 0. The quantitative estimate of drug-likeness (QED) is 0.143. The van der Waals surface area contributed by atoms with Crippen molar-refractivity contribution in [2.75, 3.05) is 9.80 Å². The first-order valence-electron chi connectivity index (χ1n) is 19.5. The number of aromatic nitrogens is 2. The molecule has 0 aliphatic carbocycles. The Kier molecular flexibility index (Phi) is 8.87. The molecular formula is C52H32F2N4S2. The molecule has 2 aromatic heterocycles. The number of thiazole rings is 2. The number of rotatable bonds is 8. The SMILES string of the molecule is Fc1ccc(N(c2ccc(-c3nc4ccccc4s3)cc2)c2ccc3c(ccc4cc(N(c5ccc(F)cc5)c5ccc(-c6nc7ccccc7s6)cc5)ccc43)c2)cc1. The van der Waals surface area contributed by atoms with Gasteiger partial charge in [-0.15, -0.1) is 22.7 Å². The molecule has 11 rings (SSSR count). The predicted octanol–water partition coefficient (Wildman–Crippen LogP) is 15.8. The second-order valence-electron chi connectivity index (χ2n) is 14.6. The molecule has 2 heterocycles. The standard InChI is InChI=1S/C52H32F2N4S2/c53-37-15-23-41(24-16-37)57(39-19-11-33(12-20-39)51-55-47-5-1-3-7-49(47)59-51)43-27-29-45-35(31-43)9-10-36-32-44(28-30-46(36)45)58(42-25-17-38(54)18-26-42)40-21-13-34(14-22-40)52-56-48-6-2-4-8-50(48)60-52/h1-32H. The van der Waals surface area contributed by atoms with Gasteiger partial charge in [0.2, 0.25) is 0 Å². The van der Waals surface area contributed by atoms with Crippen molar-refractivity contribution in [2.45, 2.75) is 0 Å². The van der Waals surface area contributed by atoms with E-state index in [1.165, 1.54) is 24.3 Å². The van der Waals surface area contributed by atoms with E-state index in [9.17, 15) is 8.78 Å². The van der Waals surface area contributed by atoms with E-state index in [0.717, 1.165) is 97.2 Å². The van der Waals surface area contributed by atoms with E-state index in [2.05, 4.69) is 119 Å². The fraction of sp³-hybridized carbons (Fsp3) is 0. The number of fused-ring (bicyclic) bond motifs is 5. The van der Waals surface area contributed by atoms with Gasteiger partial charge in [0.15, 0.2) is 0 Å². The first kappa shape index (κ1) is 35.9. The molecule has 0 fully saturated rings. The summed E-state index contributed by atoms with van der Waals surface area (Å²) in [6.07, 6.45) is 0. The second kappa shape index (κ2) is 14.8. The number of nitrogens with zero attached hydrogens (tertiary/aromatic N) is 4. The Morgan fingerprint density at radius 1 is 0.350 bits per heavy atom. The molecule has 0 aliphatic heterocycles. The summed E-state index contributed by atoms with van der Waals surface area (Å²) in [5.41, 5.74) is 9.58. The van der Waals surface area contributed by atoms with E-state index in [1.807, 2.05) is 60.7 Å². The van der Waals surface area contributed by atoms with Crippen molar-refractivity contribution in [1.82, 2.24) is 9.97 Å². The van der Waals surface area contributed by atoms with Crippen LogP contribution in [0.5, 0.6) is 0 Å². The van der Waals surface area contributed by atoms with Gasteiger partial charge in [-0.1, -0.05) is 48.5 Å². The molecule has 11 aromatic rings. The Bertz CT molecular complexity index is 3050. The molecule has 0 bridgehead atoms. The van der Waals surface area contributed by atoms with Crippen LogP contribution in [0.3, 0.4) is 0 Å². The van der Waals surface area contributed by atoms with Crippen LogP contribution in [-0.2, 0) is 0 Å². The molecule has 0 N–H and O–H groups in total. The Hall–Kier alpha value is -7.26. The molecule has 4 nitrogen and oxygen atoms in total. The normalized spacial score (nSPS) is 11.5. The zero-order valence-electron chi connectivity index (χ0n) is 31.8. The van der Waals surface area contributed by atoms with Crippen LogP contribution in [0.15, 0.2) is 194 Å². The lowest BCUT2D eigenvalue weighted by molar-refractivity contribution is 0.627. The Balaban J connectivity index is 0.950. The summed E-state index contributed by atoms with van der Waals surface area (Å²) >= 11 is 3.35. The Labute approximate surface area is 352 Å². The van der Waals surface area contributed by atoms with Gasteiger partial charge < -0.3 is 9.80 Å². The summed E-state index contributed by atoms with van der Waals surface area (Å²) in [6, 6.07) is 63.6. The highest BCUT2D eigenvalue weighted by Crippen LogP contribution is 2.42. The van der Waals surface area contributed by atoms with Crippen molar-refractivity contribution in [3.63, 3.8) is 0 Å². The van der Waals surface area contributed by atoms with Gasteiger partial charge in [0, 0.05) is 45.3 Å². The number of halogens is 2. The maximum absolute atomic E-state index is 14.2. The molecular weight excluding hydrogens is 783 g/mol. The predicted molar refractivity (Wildman–Crippen MR) is 248 cm³/mol. The fourth-order valence-electron chi connectivity index (χ4n) is 7.90. The van der Waals surface area contributed by atoms with Gasteiger partial charge >= 0.3 is 0 Å². The van der Waals surface area contributed by atoms with Crippen molar-refractivity contribution in [1.29, 1.82) is 0 Å². The molecule has 0 atom stereocenters. The van der Waals surface area contributed by atoms with Crippen LogP contribution in [0.2, 0.25) is 0 Å². The third-order valence-corrected chi connectivity index (χ3v) is 13.0. The third-order valence-electron chi connectivity index (χ3n) is 10.8. The highest BCUT2D eigenvalue weighted by atomic mass is 32.1. The molecule has 0 aliphatic rings. The molecule has 0 amide bonds. The molecule has 286 valence electrons. The van der Waals surface area contributed by atoms with E-state index >= 15 is 0 Å². The van der Waals surface area contributed by atoms with Crippen LogP contribution in [0.25, 0.3) is 63.1 Å². The minimum Gasteiger partial charge on any atom is -0.310 e. The molecule has 0 spiro atoms. The molecule has 9 aromatic carbocycles. The van der Waals surface area contributed by atoms with Crippen molar-refractivity contribution in [3.8, 4) is 21.1 Å². The van der Waals surface area contributed by atoms with Gasteiger partial charge in [-0.05, 0) is 167 Å². The summed E-state index contributed by atoms with van der Waals surface area (Å²) in [5, 5.41) is 6.31. The van der Waals surface area contributed by atoms with E-state index in [-0.39, 0.29) is 11.6 Å². The third kappa shape index (κ3) is 6.62. The minimum atomic E-state index is -0.284. The lowest BCUT2D eigenvalue weighted by Crippen LogP contribution is -2.10. The molecule has 0 saturated heterocycles. The van der Waals surface area contributed by atoms with Crippen LogP contribution in [-0.4, -0.2) is 9.97 Å². The Morgan fingerprint density at radius 3 is 1.08 bits per heavy atom. The van der Waals surface area contributed by atoms with Crippen LogP contribution >= 0.6 is 22.7 Å². The fourth-order valence-corrected chi connectivity index (χ4v) is 9.84. The van der Waals surface area contributed by atoms with Crippen LogP contribution in [0.4, 0.5) is 42.9 Å². The molecule has 8 heteroatoms. The van der Waals surface area contributed by atoms with Gasteiger partial charge in [-0.2, -0.15) is 0 Å². The minimum absolute atomic E-state index is 0.284. The van der Waals surface area contributed by atoms with Gasteiger partial charge in [0.05, 0.1) is 20.4 Å². The highest BCUT2D eigenvalue weighted by molar-refractivity contribution is 7.22. The van der Waals surface area contributed by atoms with Crippen molar-refractivity contribution in [2.24, 2.45) is 0 Å². The zero-order chi connectivity index (χ0) is 40.2. The number of benzene rings is 9. The van der Waals surface area contributed by atoms with E-state index in [4.69, 9.17) is 9.97 Å².